The van der Waals surface area contributed by atoms with E-state index in [1.165, 1.54) is 13.3 Å². The van der Waals surface area contributed by atoms with Gasteiger partial charge in [-0.1, -0.05) is 13.3 Å². The van der Waals surface area contributed by atoms with Crippen molar-refractivity contribution in [2.45, 2.75) is 58.0 Å². The first-order valence-electron chi connectivity index (χ1n) is 8.57. The molecule has 0 aromatic carbocycles. The van der Waals surface area contributed by atoms with E-state index in [1.54, 1.807) is 6.07 Å². The van der Waals surface area contributed by atoms with Gasteiger partial charge in [0.2, 0.25) is 5.88 Å². The second kappa shape index (κ2) is 8.29. The standard InChI is InChI=1S/C19H27NO4/c1-4-9-19(2,22)16-8-6-5-7-14(16)13-24-17-11-20-18(23-3)10-15(17)12-21/h10-12,22H,4-9,13H2,1-3H3. The highest BCUT2D eigenvalue weighted by Gasteiger charge is 2.29. The molecule has 0 amide bonds. The number of carbonyl (C=O) groups excluding carboxylic acids is 1. The van der Waals surface area contributed by atoms with Crippen LogP contribution in [-0.2, 0) is 0 Å². The lowest BCUT2D eigenvalue weighted by atomic mass is 9.80. The van der Waals surface area contributed by atoms with Crippen molar-refractivity contribution in [3.05, 3.63) is 29.0 Å². The molecule has 1 aliphatic rings. The summed E-state index contributed by atoms with van der Waals surface area (Å²) < 4.78 is 10.9. The Hall–Kier alpha value is -1.88. The first kappa shape index (κ1) is 18.5. The summed E-state index contributed by atoms with van der Waals surface area (Å²) in [5, 5.41) is 10.8. The van der Waals surface area contributed by atoms with E-state index < -0.39 is 5.60 Å². The quantitative estimate of drug-likeness (QED) is 0.580. The molecular formula is C19H27NO4. The van der Waals surface area contributed by atoms with Gasteiger partial charge in [0.05, 0.1) is 24.5 Å². The van der Waals surface area contributed by atoms with Crippen molar-refractivity contribution in [3.63, 3.8) is 0 Å². The smallest absolute Gasteiger partial charge is 0.213 e. The van der Waals surface area contributed by atoms with Crippen LogP contribution in [0.2, 0.25) is 0 Å². The molecule has 1 aromatic rings. The average Bonchev–Trinajstić information content (AvgIpc) is 2.60. The van der Waals surface area contributed by atoms with Gasteiger partial charge in [0, 0.05) is 6.07 Å². The first-order valence-corrected chi connectivity index (χ1v) is 8.57. The molecule has 5 heteroatoms. The van der Waals surface area contributed by atoms with Crippen LogP contribution in [0.25, 0.3) is 0 Å². The normalized spacial score (nSPS) is 17.3. The lowest BCUT2D eigenvalue weighted by Crippen LogP contribution is -2.30. The van der Waals surface area contributed by atoms with Gasteiger partial charge in [-0.15, -0.1) is 0 Å². The minimum Gasteiger partial charge on any atom is -0.487 e. The predicted molar refractivity (Wildman–Crippen MR) is 92.7 cm³/mol. The zero-order chi connectivity index (χ0) is 17.6. The lowest BCUT2D eigenvalue weighted by Gasteiger charge is -2.32. The van der Waals surface area contributed by atoms with E-state index in [4.69, 9.17) is 9.47 Å². The number of rotatable bonds is 8. The topological polar surface area (TPSA) is 68.7 Å². The Morgan fingerprint density at radius 3 is 2.79 bits per heavy atom. The predicted octanol–water partition coefficient (Wildman–Crippen LogP) is 3.70. The fourth-order valence-corrected chi connectivity index (χ4v) is 3.34. The van der Waals surface area contributed by atoms with Gasteiger partial charge in [0.25, 0.3) is 0 Å². The molecule has 132 valence electrons. The molecule has 1 aromatic heterocycles. The minimum atomic E-state index is -0.778. The van der Waals surface area contributed by atoms with Crippen LogP contribution in [0.4, 0.5) is 0 Å². The molecule has 0 fully saturated rings. The molecule has 1 heterocycles. The Balaban J connectivity index is 2.19. The molecule has 1 N–H and O–H groups in total. The van der Waals surface area contributed by atoms with Gasteiger partial charge in [-0.3, -0.25) is 4.79 Å². The summed E-state index contributed by atoms with van der Waals surface area (Å²) in [5.41, 5.74) is 1.89. The van der Waals surface area contributed by atoms with E-state index in [1.807, 2.05) is 6.92 Å². The highest BCUT2D eigenvalue weighted by Crippen LogP contribution is 2.35. The van der Waals surface area contributed by atoms with Gasteiger partial charge >= 0.3 is 0 Å². The maximum Gasteiger partial charge on any atom is 0.213 e. The molecule has 0 aliphatic heterocycles. The van der Waals surface area contributed by atoms with Crippen LogP contribution in [0.3, 0.4) is 0 Å². The van der Waals surface area contributed by atoms with Crippen molar-refractivity contribution in [1.29, 1.82) is 0 Å². The van der Waals surface area contributed by atoms with Crippen LogP contribution in [0.5, 0.6) is 11.6 Å². The number of aromatic nitrogens is 1. The van der Waals surface area contributed by atoms with Crippen molar-refractivity contribution < 1.29 is 19.4 Å². The van der Waals surface area contributed by atoms with Crippen molar-refractivity contribution in [2.75, 3.05) is 13.7 Å². The van der Waals surface area contributed by atoms with E-state index in [0.29, 0.717) is 23.8 Å². The van der Waals surface area contributed by atoms with E-state index in [-0.39, 0.29) is 0 Å². The second-order valence-electron chi connectivity index (χ2n) is 6.48. The van der Waals surface area contributed by atoms with Crippen LogP contribution >= 0.6 is 0 Å². The van der Waals surface area contributed by atoms with Crippen molar-refractivity contribution in [3.8, 4) is 11.6 Å². The maximum absolute atomic E-state index is 11.2. The molecule has 0 radical (unpaired) electrons. The zero-order valence-electron chi connectivity index (χ0n) is 14.8. The van der Waals surface area contributed by atoms with Crippen molar-refractivity contribution >= 4 is 6.29 Å². The van der Waals surface area contributed by atoms with Gasteiger partial charge < -0.3 is 14.6 Å². The van der Waals surface area contributed by atoms with E-state index in [0.717, 1.165) is 56.0 Å². The van der Waals surface area contributed by atoms with Crippen LogP contribution in [-0.4, -0.2) is 35.7 Å². The van der Waals surface area contributed by atoms with Crippen LogP contribution in [0, 0.1) is 0 Å². The summed E-state index contributed by atoms with van der Waals surface area (Å²) in [4.78, 5) is 15.3. The molecule has 0 saturated carbocycles. The molecule has 2 rings (SSSR count). The molecule has 24 heavy (non-hydrogen) atoms. The van der Waals surface area contributed by atoms with Crippen LogP contribution in [0.1, 0.15) is 62.7 Å². The third-order valence-electron chi connectivity index (χ3n) is 4.58. The fraction of sp³-hybridized carbons (Fsp3) is 0.579. The minimum absolute atomic E-state index is 0.379. The fourth-order valence-electron chi connectivity index (χ4n) is 3.34. The summed E-state index contributed by atoms with van der Waals surface area (Å²) in [6, 6.07) is 1.56. The number of hydrogen-bond donors (Lipinski definition) is 1. The number of nitrogens with zero attached hydrogens (tertiary/aromatic N) is 1. The molecular weight excluding hydrogens is 306 g/mol. The number of pyridine rings is 1. The van der Waals surface area contributed by atoms with Crippen LogP contribution in [0.15, 0.2) is 23.4 Å². The Kier molecular flexibility index (Phi) is 6.37. The summed E-state index contributed by atoms with van der Waals surface area (Å²) >= 11 is 0. The van der Waals surface area contributed by atoms with E-state index in [9.17, 15) is 9.90 Å². The Morgan fingerprint density at radius 1 is 1.38 bits per heavy atom. The van der Waals surface area contributed by atoms with Crippen molar-refractivity contribution in [1.82, 2.24) is 4.98 Å². The average molecular weight is 333 g/mol. The van der Waals surface area contributed by atoms with E-state index >= 15 is 0 Å². The van der Waals surface area contributed by atoms with Crippen LogP contribution < -0.4 is 9.47 Å². The first-order chi connectivity index (χ1) is 11.5. The molecule has 1 unspecified atom stereocenters. The zero-order valence-corrected chi connectivity index (χ0v) is 14.8. The number of hydrogen-bond acceptors (Lipinski definition) is 5. The molecule has 1 aliphatic carbocycles. The summed E-state index contributed by atoms with van der Waals surface area (Å²) in [6.07, 6.45) is 7.97. The Bertz CT molecular complexity index is 607. The largest absolute Gasteiger partial charge is 0.487 e. The number of ether oxygens (including phenoxy) is 2. The number of aldehydes is 1. The molecule has 0 bridgehead atoms. The number of carbonyl (C=O) groups is 1. The van der Waals surface area contributed by atoms with Gasteiger partial charge in [-0.2, -0.15) is 0 Å². The third-order valence-corrected chi connectivity index (χ3v) is 4.58. The van der Waals surface area contributed by atoms with Gasteiger partial charge in [0.1, 0.15) is 12.4 Å². The molecule has 1 atom stereocenters. The summed E-state index contributed by atoms with van der Waals surface area (Å²) in [7, 11) is 1.51. The van der Waals surface area contributed by atoms with E-state index in [2.05, 4.69) is 11.9 Å². The Labute approximate surface area is 143 Å². The second-order valence-corrected chi connectivity index (χ2v) is 6.48. The number of aliphatic hydroxyl groups is 1. The van der Waals surface area contributed by atoms with Crippen molar-refractivity contribution in [2.24, 2.45) is 0 Å². The monoisotopic (exact) mass is 333 g/mol. The number of methoxy groups -OCH3 is 1. The third kappa shape index (κ3) is 4.35. The van der Waals surface area contributed by atoms with Gasteiger partial charge in [0.15, 0.2) is 6.29 Å². The molecule has 0 saturated heterocycles. The molecule has 5 nitrogen and oxygen atoms in total. The Morgan fingerprint density at radius 2 is 2.12 bits per heavy atom. The summed E-state index contributed by atoms with van der Waals surface area (Å²) in [6.45, 7) is 4.35. The lowest BCUT2D eigenvalue weighted by molar-refractivity contribution is 0.0800. The summed E-state index contributed by atoms with van der Waals surface area (Å²) in [5.74, 6) is 0.825. The molecule has 0 spiro atoms. The SMILES string of the molecule is CCCC(C)(O)C1=C(COc2cnc(OC)cc2C=O)CCCC1. The maximum atomic E-state index is 11.2. The van der Waals surface area contributed by atoms with Gasteiger partial charge in [-0.25, -0.2) is 4.98 Å². The van der Waals surface area contributed by atoms with Gasteiger partial charge in [-0.05, 0) is 50.2 Å². The highest BCUT2D eigenvalue weighted by atomic mass is 16.5. The highest BCUT2D eigenvalue weighted by molar-refractivity contribution is 5.79.